The topological polar surface area (TPSA) is 75.0 Å². The summed E-state index contributed by atoms with van der Waals surface area (Å²) in [6, 6.07) is 10.00. The highest BCUT2D eigenvalue weighted by Crippen LogP contribution is 2.38. The molecule has 6 nitrogen and oxygen atoms in total. The molecule has 0 aliphatic rings. The van der Waals surface area contributed by atoms with Crippen molar-refractivity contribution in [1.82, 2.24) is 0 Å². The fourth-order valence-corrected chi connectivity index (χ4v) is 2.64. The number of esters is 1. The number of carbonyl (C=O) groups is 1. The number of hydrogen-bond donors (Lipinski definition) is 0. The Balaban J connectivity index is 2.06. The Labute approximate surface area is 168 Å². The van der Waals surface area contributed by atoms with Crippen molar-refractivity contribution in [3.63, 3.8) is 0 Å². The number of methoxy groups -OCH3 is 1. The van der Waals surface area contributed by atoms with Gasteiger partial charge in [0, 0.05) is 6.07 Å². The Hall–Kier alpha value is -3.49. The number of ether oxygens (including phenoxy) is 3. The summed E-state index contributed by atoms with van der Waals surface area (Å²) in [5.41, 5.74) is -0.380. The van der Waals surface area contributed by atoms with Gasteiger partial charge < -0.3 is 18.6 Å². The first-order valence-electron chi connectivity index (χ1n) is 8.87. The van der Waals surface area contributed by atoms with E-state index in [1.165, 1.54) is 24.3 Å². The Morgan fingerprint density at radius 1 is 1.07 bits per heavy atom. The van der Waals surface area contributed by atoms with Crippen molar-refractivity contribution in [2.45, 2.75) is 19.5 Å². The largest absolute Gasteiger partial charge is 0.482 e. The zero-order valence-corrected chi connectivity index (χ0v) is 16.0. The third kappa shape index (κ3) is 4.56. The zero-order chi connectivity index (χ0) is 21.9. The highest BCUT2D eigenvalue weighted by Gasteiger charge is 2.40. The fraction of sp³-hybridized carbons (Fsp3) is 0.238. The molecule has 2 aromatic carbocycles. The van der Waals surface area contributed by atoms with Crippen LogP contribution >= 0.6 is 0 Å². The van der Waals surface area contributed by atoms with Gasteiger partial charge in [-0.2, -0.15) is 13.2 Å². The minimum Gasteiger partial charge on any atom is -0.482 e. The van der Waals surface area contributed by atoms with E-state index < -0.39 is 35.7 Å². The molecule has 0 bridgehead atoms. The molecule has 3 rings (SSSR count). The van der Waals surface area contributed by atoms with Crippen LogP contribution < -0.4 is 14.9 Å². The molecule has 3 aromatic rings. The van der Waals surface area contributed by atoms with E-state index in [0.717, 1.165) is 25.2 Å². The average molecular weight is 422 g/mol. The van der Waals surface area contributed by atoms with E-state index in [1.54, 1.807) is 12.1 Å². The van der Waals surface area contributed by atoms with Gasteiger partial charge >= 0.3 is 12.1 Å². The van der Waals surface area contributed by atoms with Crippen molar-refractivity contribution < 1.29 is 36.6 Å². The summed E-state index contributed by atoms with van der Waals surface area (Å²) in [6.45, 7) is 1.48. The molecule has 9 heteroatoms. The second-order valence-corrected chi connectivity index (χ2v) is 6.21. The maximum Gasteiger partial charge on any atom is 0.453 e. The number of halogens is 3. The molecular formula is C21H17F3O6. The standard InChI is InChI=1S/C21H17F3O6/c1-3-12-4-6-13(7-5-12)29-19-18(26)15-9-8-14(28-11-17(25)27-2)10-16(15)30-20(19)21(22,23)24/h4-10H,3,11H2,1-2H3. The van der Waals surface area contributed by atoms with Crippen LogP contribution in [0.25, 0.3) is 11.0 Å². The van der Waals surface area contributed by atoms with E-state index in [-0.39, 0.29) is 22.5 Å². The van der Waals surface area contributed by atoms with Gasteiger partial charge in [-0.3, -0.25) is 4.79 Å². The summed E-state index contributed by atoms with van der Waals surface area (Å²) >= 11 is 0. The van der Waals surface area contributed by atoms with Crippen LogP contribution in [0.3, 0.4) is 0 Å². The fourth-order valence-electron chi connectivity index (χ4n) is 2.64. The summed E-state index contributed by atoms with van der Waals surface area (Å²) < 4.78 is 60.5. The van der Waals surface area contributed by atoms with E-state index in [4.69, 9.17) is 13.9 Å². The Bertz CT molecular complexity index is 1120. The molecule has 0 unspecified atom stereocenters. The number of aryl methyl sites for hydroxylation is 1. The number of benzene rings is 2. The molecule has 0 saturated carbocycles. The van der Waals surface area contributed by atoms with Gasteiger partial charge in [0.05, 0.1) is 12.5 Å². The normalized spacial score (nSPS) is 11.4. The molecule has 0 atom stereocenters. The van der Waals surface area contributed by atoms with E-state index >= 15 is 0 Å². The van der Waals surface area contributed by atoms with E-state index in [0.29, 0.717) is 0 Å². The van der Waals surface area contributed by atoms with Gasteiger partial charge in [-0.25, -0.2) is 4.79 Å². The van der Waals surface area contributed by atoms with Crippen LogP contribution in [0.15, 0.2) is 51.7 Å². The van der Waals surface area contributed by atoms with E-state index in [2.05, 4.69) is 4.74 Å². The summed E-state index contributed by atoms with van der Waals surface area (Å²) in [6.07, 6.45) is -4.23. The van der Waals surface area contributed by atoms with Gasteiger partial charge in [0.25, 0.3) is 5.76 Å². The van der Waals surface area contributed by atoms with Crippen LogP contribution in [-0.4, -0.2) is 19.7 Å². The van der Waals surface area contributed by atoms with Crippen molar-refractivity contribution in [2.75, 3.05) is 13.7 Å². The van der Waals surface area contributed by atoms with Gasteiger partial charge in [0.15, 0.2) is 6.61 Å². The lowest BCUT2D eigenvalue weighted by Gasteiger charge is -2.14. The number of rotatable bonds is 6. The van der Waals surface area contributed by atoms with Gasteiger partial charge in [-0.15, -0.1) is 0 Å². The maximum atomic E-state index is 13.6. The lowest BCUT2D eigenvalue weighted by Crippen LogP contribution is -2.16. The summed E-state index contributed by atoms with van der Waals surface area (Å²) in [5, 5.41) is -0.131. The molecule has 0 spiro atoms. The van der Waals surface area contributed by atoms with E-state index in [1.807, 2.05) is 6.92 Å². The molecule has 0 fully saturated rings. The van der Waals surface area contributed by atoms with Crippen LogP contribution in [0.4, 0.5) is 13.2 Å². The lowest BCUT2D eigenvalue weighted by atomic mass is 10.1. The highest BCUT2D eigenvalue weighted by molar-refractivity contribution is 5.80. The van der Waals surface area contributed by atoms with Crippen LogP contribution in [-0.2, 0) is 22.1 Å². The second kappa shape index (κ2) is 8.48. The van der Waals surface area contributed by atoms with Crippen molar-refractivity contribution in [1.29, 1.82) is 0 Å². The molecular weight excluding hydrogens is 405 g/mol. The monoisotopic (exact) mass is 422 g/mol. The molecule has 0 radical (unpaired) electrons. The van der Waals surface area contributed by atoms with Crippen molar-refractivity contribution in [3.8, 4) is 17.2 Å². The molecule has 0 aliphatic heterocycles. The molecule has 1 heterocycles. The van der Waals surface area contributed by atoms with Gasteiger partial charge in [0.2, 0.25) is 11.2 Å². The second-order valence-electron chi connectivity index (χ2n) is 6.21. The predicted octanol–water partition coefficient (Wildman–Crippen LogP) is 4.72. The van der Waals surface area contributed by atoms with Gasteiger partial charge in [0.1, 0.15) is 17.1 Å². The Morgan fingerprint density at radius 2 is 1.73 bits per heavy atom. The van der Waals surface area contributed by atoms with Crippen LogP contribution in [0, 0.1) is 0 Å². The van der Waals surface area contributed by atoms with Crippen LogP contribution in [0.5, 0.6) is 17.2 Å². The number of fused-ring (bicyclic) bond motifs is 1. The van der Waals surface area contributed by atoms with E-state index in [9.17, 15) is 22.8 Å². The zero-order valence-electron chi connectivity index (χ0n) is 16.0. The first kappa shape index (κ1) is 21.2. The molecule has 0 amide bonds. The molecule has 0 aliphatic carbocycles. The van der Waals surface area contributed by atoms with Crippen molar-refractivity contribution in [2.24, 2.45) is 0 Å². The minimum atomic E-state index is -4.98. The summed E-state index contributed by atoms with van der Waals surface area (Å²) in [5.74, 6) is -3.09. The quantitative estimate of drug-likeness (QED) is 0.535. The third-order valence-corrected chi connectivity index (χ3v) is 4.22. The Kier molecular flexibility index (Phi) is 6.00. The van der Waals surface area contributed by atoms with Crippen LogP contribution in [0.1, 0.15) is 18.2 Å². The smallest absolute Gasteiger partial charge is 0.453 e. The van der Waals surface area contributed by atoms with Gasteiger partial charge in [-0.1, -0.05) is 19.1 Å². The first-order chi connectivity index (χ1) is 14.2. The van der Waals surface area contributed by atoms with Crippen molar-refractivity contribution >= 4 is 16.9 Å². The summed E-state index contributed by atoms with van der Waals surface area (Å²) in [7, 11) is 1.16. The number of carbonyl (C=O) groups excluding carboxylic acids is 1. The minimum absolute atomic E-state index is 0.0352. The maximum absolute atomic E-state index is 13.6. The summed E-state index contributed by atoms with van der Waals surface area (Å²) in [4.78, 5) is 23.9. The lowest BCUT2D eigenvalue weighted by molar-refractivity contribution is -0.154. The molecule has 0 saturated heterocycles. The Morgan fingerprint density at radius 3 is 2.33 bits per heavy atom. The SMILES string of the molecule is CCc1ccc(Oc2c(C(F)(F)F)oc3cc(OCC(=O)OC)ccc3c2=O)cc1. The molecule has 158 valence electrons. The predicted molar refractivity (Wildman–Crippen MR) is 101 cm³/mol. The number of alkyl halides is 3. The highest BCUT2D eigenvalue weighted by atomic mass is 19.4. The average Bonchev–Trinajstić information content (AvgIpc) is 2.73. The third-order valence-electron chi connectivity index (χ3n) is 4.22. The van der Waals surface area contributed by atoms with Gasteiger partial charge in [-0.05, 0) is 36.2 Å². The first-order valence-corrected chi connectivity index (χ1v) is 8.87. The number of hydrogen-bond acceptors (Lipinski definition) is 6. The molecule has 0 N–H and O–H groups in total. The molecule has 30 heavy (non-hydrogen) atoms. The van der Waals surface area contributed by atoms with Crippen LogP contribution in [0.2, 0.25) is 0 Å². The van der Waals surface area contributed by atoms with Crippen molar-refractivity contribution in [3.05, 3.63) is 64.0 Å². The molecule has 1 aromatic heterocycles.